The van der Waals surface area contributed by atoms with E-state index in [2.05, 4.69) is 15.5 Å². The maximum Gasteiger partial charge on any atom is 0.170 e. The van der Waals surface area contributed by atoms with Crippen LogP contribution < -0.4 is 10.1 Å². The van der Waals surface area contributed by atoms with Crippen LogP contribution in [0.25, 0.3) is 0 Å². The van der Waals surface area contributed by atoms with Gasteiger partial charge in [-0.2, -0.15) is 0 Å². The first-order valence-electron chi connectivity index (χ1n) is 5.49. The summed E-state index contributed by atoms with van der Waals surface area (Å²) in [6.45, 7) is 1.30. The van der Waals surface area contributed by atoms with Crippen LogP contribution in [0.3, 0.4) is 0 Å². The molecule has 0 unspecified atom stereocenters. The van der Waals surface area contributed by atoms with Crippen LogP contribution in [0.1, 0.15) is 11.4 Å². The van der Waals surface area contributed by atoms with Crippen molar-refractivity contribution in [2.24, 2.45) is 7.05 Å². The van der Waals surface area contributed by atoms with E-state index in [0.717, 1.165) is 18.1 Å². The SMILES string of the molecule is CNCc1ccc(OCc2nncn2C)cc1. The zero-order valence-corrected chi connectivity index (χ0v) is 10.1. The van der Waals surface area contributed by atoms with E-state index in [1.165, 1.54) is 5.56 Å². The van der Waals surface area contributed by atoms with E-state index >= 15 is 0 Å². The molecule has 0 saturated heterocycles. The molecule has 1 aromatic heterocycles. The highest BCUT2D eigenvalue weighted by molar-refractivity contribution is 5.27. The van der Waals surface area contributed by atoms with Gasteiger partial charge in [-0.05, 0) is 24.7 Å². The minimum atomic E-state index is 0.432. The lowest BCUT2D eigenvalue weighted by Gasteiger charge is -2.06. The summed E-state index contributed by atoms with van der Waals surface area (Å²) in [7, 11) is 3.83. The third kappa shape index (κ3) is 3.04. The van der Waals surface area contributed by atoms with Gasteiger partial charge in [0.15, 0.2) is 5.82 Å². The highest BCUT2D eigenvalue weighted by Crippen LogP contribution is 2.13. The fourth-order valence-corrected chi connectivity index (χ4v) is 1.49. The van der Waals surface area contributed by atoms with Gasteiger partial charge in [-0.3, -0.25) is 0 Å². The van der Waals surface area contributed by atoms with Crippen LogP contribution in [0, 0.1) is 0 Å². The highest BCUT2D eigenvalue weighted by Gasteiger charge is 2.01. The molecule has 0 aliphatic carbocycles. The molecule has 0 fully saturated rings. The van der Waals surface area contributed by atoms with Gasteiger partial charge in [-0.1, -0.05) is 12.1 Å². The molecule has 0 atom stereocenters. The van der Waals surface area contributed by atoms with Crippen molar-refractivity contribution in [2.45, 2.75) is 13.2 Å². The summed E-state index contributed by atoms with van der Waals surface area (Å²) in [6, 6.07) is 8.01. The van der Waals surface area contributed by atoms with Crippen molar-refractivity contribution in [1.82, 2.24) is 20.1 Å². The second kappa shape index (κ2) is 5.45. The van der Waals surface area contributed by atoms with Crippen molar-refractivity contribution in [1.29, 1.82) is 0 Å². The predicted molar refractivity (Wildman–Crippen MR) is 64.5 cm³/mol. The number of hydrogen-bond donors (Lipinski definition) is 1. The molecule has 0 bridgehead atoms. The van der Waals surface area contributed by atoms with Crippen LogP contribution in [0.5, 0.6) is 5.75 Å². The lowest BCUT2D eigenvalue weighted by atomic mass is 10.2. The molecule has 1 N–H and O–H groups in total. The topological polar surface area (TPSA) is 52.0 Å². The average molecular weight is 232 g/mol. The second-order valence-corrected chi connectivity index (χ2v) is 3.82. The lowest BCUT2D eigenvalue weighted by molar-refractivity contribution is 0.291. The van der Waals surface area contributed by atoms with Crippen LogP contribution in [0.2, 0.25) is 0 Å². The van der Waals surface area contributed by atoms with Crippen LogP contribution in [-0.2, 0) is 20.2 Å². The van der Waals surface area contributed by atoms with Gasteiger partial charge >= 0.3 is 0 Å². The number of hydrogen-bond acceptors (Lipinski definition) is 4. The van der Waals surface area contributed by atoms with Crippen molar-refractivity contribution in [3.8, 4) is 5.75 Å². The maximum absolute atomic E-state index is 5.62. The molecule has 17 heavy (non-hydrogen) atoms. The molecule has 0 aliphatic heterocycles. The summed E-state index contributed by atoms with van der Waals surface area (Å²) in [6.07, 6.45) is 1.66. The molecule has 0 saturated carbocycles. The molecule has 0 radical (unpaired) electrons. The number of aromatic nitrogens is 3. The lowest BCUT2D eigenvalue weighted by Crippen LogP contribution is -2.05. The molecule has 1 heterocycles. The first-order valence-corrected chi connectivity index (χ1v) is 5.49. The average Bonchev–Trinajstić information content (AvgIpc) is 2.75. The second-order valence-electron chi connectivity index (χ2n) is 3.82. The molecule has 1 aromatic carbocycles. The van der Waals surface area contributed by atoms with E-state index in [9.17, 15) is 0 Å². The molecule has 90 valence electrons. The van der Waals surface area contributed by atoms with Gasteiger partial charge in [0, 0.05) is 13.6 Å². The number of nitrogens with zero attached hydrogens (tertiary/aromatic N) is 3. The minimum Gasteiger partial charge on any atom is -0.486 e. The first-order chi connectivity index (χ1) is 8.29. The Bertz CT molecular complexity index is 464. The Hall–Kier alpha value is -1.88. The van der Waals surface area contributed by atoms with E-state index in [-0.39, 0.29) is 0 Å². The van der Waals surface area contributed by atoms with Crippen molar-refractivity contribution in [3.63, 3.8) is 0 Å². The summed E-state index contributed by atoms with van der Waals surface area (Å²) < 4.78 is 7.46. The van der Waals surface area contributed by atoms with Crippen molar-refractivity contribution in [3.05, 3.63) is 42.0 Å². The zero-order chi connectivity index (χ0) is 12.1. The number of ether oxygens (including phenoxy) is 1. The molecule has 5 nitrogen and oxygen atoms in total. The summed E-state index contributed by atoms with van der Waals surface area (Å²) >= 11 is 0. The Morgan fingerprint density at radius 2 is 2.06 bits per heavy atom. The molecule has 2 rings (SSSR count). The molecule has 2 aromatic rings. The molecule has 0 aliphatic rings. The maximum atomic E-state index is 5.62. The van der Waals surface area contributed by atoms with Crippen LogP contribution in [0.15, 0.2) is 30.6 Å². The Balaban J connectivity index is 1.93. The van der Waals surface area contributed by atoms with Gasteiger partial charge in [0.1, 0.15) is 18.7 Å². The molecular weight excluding hydrogens is 216 g/mol. The zero-order valence-electron chi connectivity index (χ0n) is 10.1. The quantitative estimate of drug-likeness (QED) is 0.839. The predicted octanol–water partition coefficient (Wildman–Crippen LogP) is 1.11. The van der Waals surface area contributed by atoms with E-state index in [1.807, 2.05) is 42.9 Å². The monoisotopic (exact) mass is 232 g/mol. The van der Waals surface area contributed by atoms with Gasteiger partial charge in [-0.25, -0.2) is 0 Å². The highest BCUT2D eigenvalue weighted by atomic mass is 16.5. The summed E-state index contributed by atoms with van der Waals surface area (Å²) in [5, 5.41) is 10.9. The Morgan fingerprint density at radius 3 is 2.65 bits per heavy atom. The largest absolute Gasteiger partial charge is 0.486 e. The number of benzene rings is 1. The molecule has 0 spiro atoms. The van der Waals surface area contributed by atoms with Crippen molar-refractivity contribution < 1.29 is 4.74 Å². The third-order valence-corrected chi connectivity index (χ3v) is 2.48. The summed E-state index contributed by atoms with van der Waals surface area (Å²) in [4.78, 5) is 0. The van der Waals surface area contributed by atoms with Gasteiger partial charge in [0.25, 0.3) is 0 Å². The van der Waals surface area contributed by atoms with Gasteiger partial charge in [-0.15, -0.1) is 10.2 Å². The van der Waals surface area contributed by atoms with Gasteiger partial charge in [0.2, 0.25) is 0 Å². The standard InChI is InChI=1S/C12H16N4O/c1-13-7-10-3-5-11(6-4-10)17-8-12-15-14-9-16(12)2/h3-6,9,13H,7-8H2,1-2H3. The fourth-order valence-electron chi connectivity index (χ4n) is 1.49. The van der Waals surface area contributed by atoms with Crippen LogP contribution in [-0.4, -0.2) is 21.8 Å². The Labute approximate surface area is 100 Å². The van der Waals surface area contributed by atoms with Crippen LogP contribution in [0.4, 0.5) is 0 Å². The van der Waals surface area contributed by atoms with Gasteiger partial charge in [0.05, 0.1) is 0 Å². The number of rotatable bonds is 5. The van der Waals surface area contributed by atoms with E-state index < -0.39 is 0 Å². The molecule has 5 heteroatoms. The number of aryl methyl sites for hydroxylation is 1. The Kier molecular flexibility index (Phi) is 3.72. The van der Waals surface area contributed by atoms with Crippen LogP contribution >= 0.6 is 0 Å². The fraction of sp³-hybridized carbons (Fsp3) is 0.333. The van der Waals surface area contributed by atoms with E-state index in [4.69, 9.17) is 4.74 Å². The molecule has 0 amide bonds. The minimum absolute atomic E-state index is 0.432. The van der Waals surface area contributed by atoms with Crippen molar-refractivity contribution in [2.75, 3.05) is 7.05 Å². The first kappa shape index (κ1) is 11.6. The van der Waals surface area contributed by atoms with Crippen molar-refractivity contribution >= 4 is 0 Å². The third-order valence-electron chi connectivity index (χ3n) is 2.48. The normalized spacial score (nSPS) is 10.5. The smallest absolute Gasteiger partial charge is 0.170 e. The summed E-state index contributed by atoms with van der Waals surface area (Å²) in [5.74, 6) is 1.65. The van der Waals surface area contributed by atoms with Gasteiger partial charge < -0.3 is 14.6 Å². The summed E-state index contributed by atoms with van der Waals surface area (Å²) in [5.41, 5.74) is 1.23. The number of nitrogens with one attached hydrogen (secondary N) is 1. The Morgan fingerprint density at radius 1 is 1.29 bits per heavy atom. The molecular formula is C12H16N4O. The van der Waals surface area contributed by atoms with E-state index in [1.54, 1.807) is 6.33 Å². The van der Waals surface area contributed by atoms with E-state index in [0.29, 0.717) is 6.61 Å².